The van der Waals surface area contributed by atoms with Gasteiger partial charge < -0.3 is 5.11 Å². The molecule has 2 nitrogen and oxygen atoms in total. The quantitative estimate of drug-likeness (QED) is 0.592. The Balaban J connectivity index is 2.19. The Morgan fingerprint density at radius 2 is 2.33 bits per heavy atom. The Kier molecular flexibility index (Phi) is 1.97. The highest BCUT2D eigenvalue weighted by Crippen LogP contribution is 2.38. The predicted molar refractivity (Wildman–Crippen MR) is 49.0 cm³/mol. The third kappa shape index (κ3) is 1.10. The van der Waals surface area contributed by atoms with Crippen LogP contribution >= 0.6 is 0 Å². The summed E-state index contributed by atoms with van der Waals surface area (Å²) in [6.07, 6.45) is 4.73. The van der Waals surface area contributed by atoms with Gasteiger partial charge in [-0.2, -0.15) is 0 Å². The van der Waals surface area contributed by atoms with Crippen molar-refractivity contribution in [3.05, 3.63) is 12.2 Å². The molecule has 2 rings (SSSR count). The van der Waals surface area contributed by atoms with Gasteiger partial charge >= 0.3 is 0 Å². The van der Waals surface area contributed by atoms with E-state index in [1.807, 2.05) is 0 Å². The first-order chi connectivity index (χ1) is 5.77. The van der Waals surface area contributed by atoms with Gasteiger partial charge in [0.25, 0.3) is 0 Å². The fourth-order valence-electron chi connectivity index (χ4n) is 2.63. The molecule has 1 atom stereocenters. The van der Waals surface area contributed by atoms with E-state index in [2.05, 4.69) is 11.5 Å². The summed E-state index contributed by atoms with van der Waals surface area (Å²) < 4.78 is 0. The van der Waals surface area contributed by atoms with Crippen LogP contribution in [-0.4, -0.2) is 35.2 Å². The number of hydrogen-bond acceptors (Lipinski definition) is 2. The summed E-state index contributed by atoms with van der Waals surface area (Å²) in [7, 11) is 0. The Morgan fingerprint density at radius 3 is 3.00 bits per heavy atom. The van der Waals surface area contributed by atoms with Gasteiger partial charge in [-0.05, 0) is 25.8 Å². The van der Waals surface area contributed by atoms with Crippen LogP contribution in [0.2, 0.25) is 0 Å². The standard InChI is InChI=1S/C10H17NO/c1-9-6-10(8-12)4-2-3-5-11(10)7-9/h12H,1-8H2. The smallest absolute Gasteiger partial charge is 0.0618 e. The fraction of sp³-hybridized carbons (Fsp3) is 0.800. The zero-order valence-corrected chi connectivity index (χ0v) is 7.55. The van der Waals surface area contributed by atoms with Gasteiger partial charge in [0.15, 0.2) is 0 Å². The van der Waals surface area contributed by atoms with Crippen molar-refractivity contribution in [1.29, 1.82) is 0 Å². The second kappa shape index (κ2) is 2.86. The van der Waals surface area contributed by atoms with E-state index in [-0.39, 0.29) is 5.54 Å². The average Bonchev–Trinajstić information content (AvgIpc) is 2.41. The van der Waals surface area contributed by atoms with E-state index in [9.17, 15) is 5.11 Å². The molecular formula is C10H17NO. The van der Waals surface area contributed by atoms with E-state index in [0.29, 0.717) is 6.61 Å². The minimum absolute atomic E-state index is 0.0926. The summed E-state index contributed by atoms with van der Waals surface area (Å²) in [5.74, 6) is 0. The van der Waals surface area contributed by atoms with Crippen LogP contribution in [0.1, 0.15) is 25.7 Å². The van der Waals surface area contributed by atoms with E-state index >= 15 is 0 Å². The van der Waals surface area contributed by atoms with Gasteiger partial charge in [0.1, 0.15) is 0 Å². The highest BCUT2D eigenvalue weighted by atomic mass is 16.3. The molecule has 2 fully saturated rings. The van der Waals surface area contributed by atoms with Gasteiger partial charge in [0.2, 0.25) is 0 Å². The second-order valence-electron chi connectivity index (χ2n) is 4.19. The number of aliphatic hydroxyl groups excluding tert-OH is 1. The van der Waals surface area contributed by atoms with Gasteiger partial charge in [-0.1, -0.05) is 18.6 Å². The van der Waals surface area contributed by atoms with Crippen molar-refractivity contribution in [2.24, 2.45) is 0 Å². The number of fused-ring (bicyclic) bond motifs is 1. The van der Waals surface area contributed by atoms with E-state index in [0.717, 1.165) is 25.9 Å². The Labute approximate surface area is 73.9 Å². The molecule has 0 amide bonds. The molecule has 0 bridgehead atoms. The van der Waals surface area contributed by atoms with Crippen molar-refractivity contribution in [3.63, 3.8) is 0 Å². The number of nitrogens with zero attached hydrogens (tertiary/aromatic N) is 1. The molecule has 2 heterocycles. The highest BCUT2D eigenvalue weighted by Gasteiger charge is 2.43. The van der Waals surface area contributed by atoms with Crippen molar-refractivity contribution in [1.82, 2.24) is 4.90 Å². The van der Waals surface area contributed by atoms with Crippen molar-refractivity contribution in [2.75, 3.05) is 19.7 Å². The topological polar surface area (TPSA) is 23.5 Å². The summed E-state index contributed by atoms with van der Waals surface area (Å²) in [4.78, 5) is 2.42. The molecule has 2 heteroatoms. The van der Waals surface area contributed by atoms with Crippen molar-refractivity contribution in [3.8, 4) is 0 Å². The van der Waals surface area contributed by atoms with Crippen LogP contribution in [0.15, 0.2) is 12.2 Å². The fourth-order valence-corrected chi connectivity index (χ4v) is 2.63. The third-order valence-corrected chi connectivity index (χ3v) is 3.28. The molecule has 1 N–H and O–H groups in total. The van der Waals surface area contributed by atoms with Crippen LogP contribution < -0.4 is 0 Å². The molecule has 0 saturated carbocycles. The van der Waals surface area contributed by atoms with E-state index < -0.39 is 0 Å². The molecule has 1 unspecified atom stereocenters. The number of rotatable bonds is 1. The lowest BCUT2D eigenvalue weighted by molar-refractivity contribution is 0.0325. The monoisotopic (exact) mass is 167 g/mol. The summed E-state index contributed by atoms with van der Waals surface area (Å²) in [5, 5.41) is 9.39. The molecule has 0 aliphatic carbocycles. The normalized spacial score (nSPS) is 36.9. The first-order valence-electron chi connectivity index (χ1n) is 4.79. The average molecular weight is 167 g/mol. The van der Waals surface area contributed by atoms with Crippen LogP contribution in [-0.2, 0) is 0 Å². The number of aliphatic hydroxyl groups is 1. The van der Waals surface area contributed by atoms with E-state index in [4.69, 9.17) is 0 Å². The lowest BCUT2D eigenvalue weighted by atomic mass is 9.87. The molecule has 68 valence electrons. The zero-order valence-electron chi connectivity index (χ0n) is 7.55. The summed E-state index contributed by atoms with van der Waals surface area (Å²) in [6, 6.07) is 0. The summed E-state index contributed by atoms with van der Waals surface area (Å²) in [6.45, 7) is 6.50. The van der Waals surface area contributed by atoms with Crippen molar-refractivity contribution < 1.29 is 5.11 Å². The molecule has 0 aromatic rings. The first kappa shape index (κ1) is 8.27. The van der Waals surface area contributed by atoms with Crippen LogP contribution in [0.5, 0.6) is 0 Å². The zero-order chi connectivity index (χ0) is 8.60. The molecule has 0 radical (unpaired) electrons. The van der Waals surface area contributed by atoms with Crippen LogP contribution in [0.25, 0.3) is 0 Å². The van der Waals surface area contributed by atoms with E-state index in [1.165, 1.54) is 18.4 Å². The largest absolute Gasteiger partial charge is 0.394 e. The maximum Gasteiger partial charge on any atom is 0.0618 e. The van der Waals surface area contributed by atoms with Gasteiger partial charge in [-0.15, -0.1) is 0 Å². The van der Waals surface area contributed by atoms with Gasteiger partial charge in [-0.3, -0.25) is 4.90 Å². The molecule has 2 aliphatic heterocycles. The maximum absolute atomic E-state index is 9.39. The van der Waals surface area contributed by atoms with Gasteiger partial charge in [0.05, 0.1) is 6.61 Å². The molecule has 0 aromatic heterocycles. The molecule has 0 aromatic carbocycles. The van der Waals surface area contributed by atoms with Gasteiger partial charge in [0, 0.05) is 12.1 Å². The second-order valence-corrected chi connectivity index (χ2v) is 4.19. The molecule has 0 spiro atoms. The lowest BCUT2D eigenvalue weighted by Crippen LogP contribution is -2.49. The molecule has 2 aliphatic rings. The minimum Gasteiger partial charge on any atom is -0.394 e. The third-order valence-electron chi connectivity index (χ3n) is 3.28. The van der Waals surface area contributed by atoms with Crippen LogP contribution in [0.3, 0.4) is 0 Å². The maximum atomic E-state index is 9.39. The lowest BCUT2D eigenvalue weighted by Gasteiger charge is -2.40. The van der Waals surface area contributed by atoms with Gasteiger partial charge in [-0.25, -0.2) is 0 Å². The summed E-state index contributed by atoms with van der Waals surface area (Å²) >= 11 is 0. The molecule has 12 heavy (non-hydrogen) atoms. The Bertz CT molecular complexity index is 202. The van der Waals surface area contributed by atoms with E-state index in [1.54, 1.807) is 0 Å². The molecular weight excluding hydrogens is 150 g/mol. The SMILES string of the molecule is C=C1CN2CCCCC2(CO)C1. The highest BCUT2D eigenvalue weighted by molar-refractivity contribution is 5.16. The van der Waals surface area contributed by atoms with Crippen molar-refractivity contribution >= 4 is 0 Å². The minimum atomic E-state index is 0.0926. The Hall–Kier alpha value is -0.340. The predicted octanol–water partition coefficient (Wildman–Crippen LogP) is 1.16. The van der Waals surface area contributed by atoms with Crippen LogP contribution in [0, 0.1) is 0 Å². The Morgan fingerprint density at radius 1 is 1.50 bits per heavy atom. The number of piperidine rings is 1. The van der Waals surface area contributed by atoms with Crippen molar-refractivity contribution in [2.45, 2.75) is 31.2 Å². The first-order valence-corrected chi connectivity index (χ1v) is 4.79. The summed E-state index contributed by atoms with van der Waals surface area (Å²) in [5.41, 5.74) is 1.39. The number of hydrogen-bond donors (Lipinski definition) is 1. The molecule has 2 saturated heterocycles. The van der Waals surface area contributed by atoms with Crippen LogP contribution in [0.4, 0.5) is 0 Å².